The first-order valence-electron chi connectivity index (χ1n) is 5.46. The molecule has 2 aromatic rings. The van der Waals surface area contributed by atoms with Gasteiger partial charge < -0.3 is 5.11 Å². The van der Waals surface area contributed by atoms with Crippen molar-refractivity contribution < 1.29 is 18.3 Å². The van der Waals surface area contributed by atoms with E-state index in [0.29, 0.717) is 15.6 Å². The van der Waals surface area contributed by atoms with Crippen LogP contribution in [0.4, 0.5) is 5.69 Å². The number of halogens is 1. The first-order chi connectivity index (χ1) is 9.37. The second-order valence-electron chi connectivity index (χ2n) is 3.90. The zero-order valence-electron chi connectivity index (χ0n) is 10.0. The van der Waals surface area contributed by atoms with E-state index in [9.17, 15) is 13.2 Å². The van der Waals surface area contributed by atoms with Gasteiger partial charge in [0.25, 0.3) is 10.0 Å². The van der Waals surface area contributed by atoms with Crippen LogP contribution in [-0.4, -0.2) is 19.5 Å². The van der Waals surface area contributed by atoms with Gasteiger partial charge in [0.1, 0.15) is 4.21 Å². The lowest BCUT2D eigenvalue weighted by atomic mass is 10.3. The van der Waals surface area contributed by atoms with Gasteiger partial charge in [-0.25, -0.2) is 8.42 Å². The van der Waals surface area contributed by atoms with E-state index in [2.05, 4.69) is 4.72 Å². The summed E-state index contributed by atoms with van der Waals surface area (Å²) >= 11 is 6.65. The molecule has 0 atom stereocenters. The number of hydrogen-bond donors (Lipinski definition) is 2. The van der Waals surface area contributed by atoms with Gasteiger partial charge in [0.05, 0.1) is 6.42 Å². The maximum Gasteiger partial charge on any atom is 0.308 e. The molecule has 106 valence electrons. The largest absolute Gasteiger partial charge is 0.481 e. The number of anilines is 1. The number of sulfonamides is 1. The van der Waals surface area contributed by atoms with Gasteiger partial charge in [0, 0.05) is 15.6 Å². The van der Waals surface area contributed by atoms with Crippen LogP contribution in [0.15, 0.2) is 40.6 Å². The van der Waals surface area contributed by atoms with E-state index in [4.69, 9.17) is 16.7 Å². The quantitative estimate of drug-likeness (QED) is 0.882. The molecule has 0 aliphatic carbocycles. The summed E-state index contributed by atoms with van der Waals surface area (Å²) in [5.74, 6) is -0.999. The average molecular weight is 332 g/mol. The lowest BCUT2D eigenvalue weighted by Crippen LogP contribution is -2.11. The van der Waals surface area contributed by atoms with Gasteiger partial charge in [0.15, 0.2) is 0 Å². The molecule has 2 rings (SSSR count). The van der Waals surface area contributed by atoms with Crippen LogP contribution in [0.3, 0.4) is 0 Å². The highest BCUT2D eigenvalue weighted by Gasteiger charge is 2.17. The van der Waals surface area contributed by atoms with Gasteiger partial charge in [-0.1, -0.05) is 11.6 Å². The van der Waals surface area contributed by atoms with Crippen LogP contribution in [-0.2, 0) is 21.2 Å². The summed E-state index contributed by atoms with van der Waals surface area (Å²) in [7, 11) is -3.71. The van der Waals surface area contributed by atoms with Crippen LogP contribution in [0, 0.1) is 0 Å². The lowest BCUT2D eigenvalue weighted by molar-refractivity contribution is -0.136. The summed E-state index contributed by atoms with van der Waals surface area (Å²) in [6.07, 6.45) is -0.193. The number of carboxylic acid groups (broad SMARTS) is 1. The molecule has 2 N–H and O–H groups in total. The standard InChI is InChI=1S/C12H10ClNO4S2/c13-8-1-3-9(4-2-8)14-20(17,18)12-6-5-10(19-12)7-11(15)16/h1-6,14H,7H2,(H,15,16). The number of nitrogens with one attached hydrogen (secondary N) is 1. The minimum Gasteiger partial charge on any atom is -0.481 e. The van der Waals surface area contributed by atoms with Gasteiger partial charge in [-0.15, -0.1) is 11.3 Å². The Bertz CT molecular complexity index is 722. The molecule has 0 saturated carbocycles. The Kier molecular flexibility index (Phi) is 4.32. The SMILES string of the molecule is O=C(O)Cc1ccc(S(=O)(=O)Nc2ccc(Cl)cc2)s1. The van der Waals surface area contributed by atoms with E-state index in [1.165, 1.54) is 12.1 Å². The van der Waals surface area contributed by atoms with E-state index < -0.39 is 16.0 Å². The van der Waals surface area contributed by atoms with Crippen molar-refractivity contribution >= 4 is 44.6 Å². The summed E-state index contributed by atoms with van der Waals surface area (Å²) in [6, 6.07) is 9.13. The Morgan fingerprint density at radius 1 is 1.20 bits per heavy atom. The number of thiophene rings is 1. The van der Waals surface area contributed by atoms with Crippen molar-refractivity contribution in [3.8, 4) is 0 Å². The summed E-state index contributed by atoms with van der Waals surface area (Å²) in [5.41, 5.74) is 0.391. The predicted molar refractivity (Wildman–Crippen MR) is 77.9 cm³/mol. The van der Waals surface area contributed by atoms with Crippen molar-refractivity contribution in [3.63, 3.8) is 0 Å². The fourth-order valence-electron chi connectivity index (χ4n) is 1.47. The second-order valence-corrected chi connectivity index (χ2v) is 7.42. The smallest absolute Gasteiger partial charge is 0.308 e. The highest BCUT2D eigenvalue weighted by Crippen LogP contribution is 2.25. The molecule has 1 heterocycles. The average Bonchev–Trinajstić information content (AvgIpc) is 2.80. The molecule has 20 heavy (non-hydrogen) atoms. The van der Waals surface area contributed by atoms with Crippen molar-refractivity contribution in [2.24, 2.45) is 0 Å². The van der Waals surface area contributed by atoms with E-state index in [1.807, 2.05) is 0 Å². The molecular weight excluding hydrogens is 322 g/mol. The molecule has 0 unspecified atom stereocenters. The Hall–Kier alpha value is -1.57. The third kappa shape index (κ3) is 3.72. The monoisotopic (exact) mass is 331 g/mol. The Balaban J connectivity index is 2.19. The predicted octanol–water partition coefficient (Wildman–Crippen LogP) is 2.83. The fraction of sp³-hybridized carbons (Fsp3) is 0.0833. The molecule has 0 aliphatic heterocycles. The lowest BCUT2D eigenvalue weighted by Gasteiger charge is -2.05. The van der Waals surface area contributed by atoms with Crippen LogP contribution in [0.1, 0.15) is 4.88 Å². The molecule has 0 aliphatic rings. The van der Waals surface area contributed by atoms with E-state index in [-0.39, 0.29) is 10.6 Å². The minimum absolute atomic E-state index is 0.0729. The Morgan fingerprint density at radius 2 is 1.85 bits per heavy atom. The summed E-state index contributed by atoms with van der Waals surface area (Å²) in [6.45, 7) is 0. The number of aliphatic carboxylic acids is 1. The molecule has 1 aromatic heterocycles. The van der Waals surface area contributed by atoms with Crippen molar-refractivity contribution in [1.82, 2.24) is 0 Å². The number of carboxylic acids is 1. The third-order valence-electron chi connectivity index (χ3n) is 2.32. The Morgan fingerprint density at radius 3 is 2.45 bits per heavy atom. The molecule has 1 aromatic carbocycles. The number of hydrogen-bond acceptors (Lipinski definition) is 4. The molecule has 8 heteroatoms. The molecular formula is C12H10ClNO4S2. The number of benzene rings is 1. The maximum atomic E-state index is 12.1. The third-order valence-corrected chi connectivity index (χ3v) is 5.53. The van der Waals surface area contributed by atoms with Crippen LogP contribution in [0.2, 0.25) is 5.02 Å². The molecule has 0 bridgehead atoms. The molecule has 0 spiro atoms. The van der Waals surface area contributed by atoms with Gasteiger partial charge in [0.2, 0.25) is 0 Å². The van der Waals surface area contributed by atoms with Crippen LogP contribution in [0.25, 0.3) is 0 Å². The van der Waals surface area contributed by atoms with Crippen molar-refractivity contribution in [2.45, 2.75) is 10.6 Å². The molecule has 0 fully saturated rings. The fourth-order valence-corrected chi connectivity index (χ4v) is 4.00. The van der Waals surface area contributed by atoms with E-state index in [0.717, 1.165) is 11.3 Å². The van der Waals surface area contributed by atoms with Gasteiger partial charge in [-0.05, 0) is 36.4 Å². The topological polar surface area (TPSA) is 83.5 Å². The van der Waals surface area contributed by atoms with Crippen LogP contribution in [0.5, 0.6) is 0 Å². The Labute approximate surface area is 124 Å². The van der Waals surface area contributed by atoms with Crippen LogP contribution < -0.4 is 4.72 Å². The first-order valence-corrected chi connectivity index (χ1v) is 8.13. The van der Waals surface area contributed by atoms with Gasteiger partial charge >= 0.3 is 5.97 Å². The summed E-state index contributed by atoms with van der Waals surface area (Å²) in [5, 5.41) is 9.18. The van der Waals surface area contributed by atoms with Gasteiger partial charge in [-0.2, -0.15) is 0 Å². The first kappa shape index (κ1) is 14.8. The zero-order valence-corrected chi connectivity index (χ0v) is 12.4. The molecule has 0 radical (unpaired) electrons. The number of rotatable bonds is 5. The van der Waals surface area contributed by atoms with E-state index in [1.54, 1.807) is 24.3 Å². The summed E-state index contributed by atoms with van der Waals surface area (Å²) in [4.78, 5) is 11.1. The second kappa shape index (κ2) is 5.82. The molecule has 0 saturated heterocycles. The van der Waals surface area contributed by atoms with Crippen molar-refractivity contribution in [3.05, 3.63) is 46.3 Å². The van der Waals surface area contributed by atoms with Gasteiger partial charge in [-0.3, -0.25) is 9.52 Å². The van der Waals surface area contributed by atoms with Crippen molar-refractivity contribution in [1.29, 1.82) is 0 Å². The highest BCUT2D eigenvalue weighted by molar-refractivity contribution is 7.94. The summed E-state index contributed by atoms with van der Waals surface area (Å²) < 4.78 is 26.7. The van der Waals surface area contributed by atoms with Crippen molar-refractivity contribution in [2.75, 3.05) is 4.72 Å². The van der Waals surface area contributed by atoms with E-state index >= 15 is 0 Å². The highest BCUT2D eigenvalue weighted by atomic mass is 35.5. The molecule has 5 nitrogen and oxygen atoms in total. The minimum atomic E-state index is -3.71. The number of carbonyl (C=O) groups is 1. The molecule has 0 amide bonds. The zero-order chi connectivity index (χ0) is 14.8. The maximum absolute atomic E-state index is 12.1. The van der Waals surface area contributed by atoms with Crippen LogP contribution >= 0.6 is 22.9 Å². The normalized spacial score (nSPS) is 11.2.